The van der Waals surface area contributed by atoms with E-state index in [1.54, 1.807) is 27.5 Å². The van der Waals surface area contributed by atoms with Crippen molar-refractivity contribution in [2.45, 2.75) is 13.8 Å². The van der Waals surface area contributed by atoms with Crippen LogP contribution in [0.25, 0.3) is 22.3 Å². The molecule has 0 aliphatic rings. The molecule has 0 aliphatic heterocycles. The summed E-state index contributed by atoms with van der Waals surface area (Å²) in [6.45, 7) is 4.09. The fraction of sp³-hybridized carbons (Fsp3) is 0.238. The average Bonchev–Trinajstić information content (AvgIpc) is 2.67. The van der Waals surface area contributed by atoms with Crippen molar-refractivity contribution in [1.82, 2.24) is 9.97 Å². The van der Waals surface area contributed by atoms with E-state index in [1.807, 2.05) is 50.4 Å². The molecule has 0 fully saturated rings. The lowest BCUT2D eigenvalue weighted by atomic mass is 9.92. The van der Waals surface area contributed by atoms with Crippen LogP contribution in [0.2, 0.25) is 0 Å². The summed E-state index contributed by atoms with van der Waals surface area (Å²) >= 11 is 0. The molecule has 5 heteroatoms. The predicted molar refractivity (Wildman–Crippen MR) is 102 cm³/mol. The Balaban J connectivity index is 2.26. The van der Waals surface area contributed by atoms with Crippen LogP contribution in [0.15, 0.2) is 42.7 Å². The maximum absolute atomic E-state index is 5.57. The first-order valence-electron chi connectivity index (χ1n) is 8.28. The van der Waals surface area contributed by atoms with Gasteiger partial charge in [-0.2, -0.15) is 0 Å². The van der Waals surface area contributed by atoms with Crippen LogP contribution in [0.4, 0.5) is 0 Å². The van der Waals surface area contributed by atoms with Crippen LogP contribution in [-0.4, -0.2) is 31.3 Å². The van der Waals surface area contributed by atoms with Crippen molar-refractivity contribution >= 4 is 0 Å². The summed E-state index contributed by atoms with van der Waals surface area (Å²) in [4.78, 5) is 8.78. The van der Waals surface area contributed by atoms with Crippen molar-refractivity contribution in [3.05, 3.63) is 53.9 Å². The van der Waals surface area contributed by atoms with Crippen LogP contribution < -0.4 is 14.2 Å². The number of aryl methyl sites for hydroxylation is 2. The number of pyridine rings is 2. The second-order valence-electron chi connectivity index (χ2n) is 5.97. The van der Waals surface area contributed by atoms with E-state index in [0.717, 1.165) is 39.1 Å². The minimum atomic E-state index is 0.575. The van der Waals surface area contributed by atoms with Crippen molar-refractivity contribution in [2.75, 3.05) is 21.3 Å². The molecule has 0 aliphatic carbocycles. The van der Waals surface area contributed by atoms with Crippen LogP contribution in [0, 0.1) is 13.8 Å². The van der Waals surface area contributed by atoms with E-state index < -0.39 is 0 Å². The molecule has 0 atom stereocenters. The van der Waals surface area contributed by atoms with E-state index in [-0.39, 0.29) is 0 Å². The summed E-state index contributed by atoms with van der Waals surface area (Å²) in [5.74, 6) is 1.98. The number of nitrogens with zero attached hydrogens (tertiary/aromatic N) is 2. The maximum atomic E-state index is 5.57. The van der Waals surface area contributed by atoms with Gasteiger partial charge in [-0.05, 0) is 54.3 Å². The Hall–Kier alpha value is -3.08. The van der Waals surface area contributed by atoms with Crippen molar-refractivity contribution in [2.24, 2.45) is 0 Å². The van der Waals surface area contributed by atoms with Crippen LogP contribution >= 0.6 is 0 Å². The Morgan fingerprint density at radius 1 is 0.731 bits per heavy atom. The highest BCUT2D eigenvalue weighted by atomic mass is 16.5. The van der Waals surface area contributed by atoms with Gasteiger partial charge in [0, 0.05) is 24.0 Å². The Morgan fingerprint density at radius 3 is 2.12 bits per heavy atom. The summed E-state index contributed by atoms with van der Waals surface area (Å²) < 4.78 is 16.1. The fourth-order valence-electron chi connectivity index (χ4n) is 3.05. The lowest BCUT2D eigenvalue weighted by Crippen LogP contribution is -1.98. The number of benzene rings is 1. The molecule has 1 aromatic carbocycles. The highest BCUT2D eigenvalue weighted by molar-refractivity contribution is 5.88. The smallest absolute Gasteiger partial charge is 0.221 e. The third-order valence-electron chi connectivity index (χ3n) is 4.40. The number of aromatic nitrogens is 2. The van der Waals surface area contributed by atoms with E-state index in [4.69, 9.17) is 14.2 Å². The molecule has 2 aromatic heterocycles. The molecule has 0 amide bonds. The Morgan fingerprint density at radius 2 is 1.50 bits per heavy atom. The summed E-state index contributed by atoms with van der Waals surface area (Å²) in [5, 5.41) is 0. The van der Waals surface area contributed by atoms with Gasteiger partial charge in [0.15, 0.2) is 0 Å². The number of ether oxygens (including phenoxy) is 3. The second kappa shape index (κ2) is 7.44. The van der Waals surface area contributed by atoms with Gasteiger partial charge in [-0.3, -0.25) is 0 Å². The average molecular weight is 350 g/mol. The number of rotatable bonds is 5. The molecule has 0 saturated carbocycles. The Kier molecular flexibility index (Phi) is 5.07. The lowest BCUT2D eigenvalue weighted by molar-refractivity contribution is 0.397. The zero-order valence-corrected chi connectivity index (χ0v) is 15.7. The van der Waals surface area contributed by atoms with Gasteiger partial charge >= 0.3 is 0 Å². The molecule has 3 aromatic rings. The molecule has 0 unspecified atom stereocenters. The third kappa shape index (κ3) is 3.20. The van der Waals surface area contributed by atoms with Crippen molar-refractivity contribution < 1.29 is 14.2 Å². The van der Waals surface area contributed by atoms with Gasteiger partial charge in [0.25, 0.3) is 0 Å². The summed E-state index contributed by atoms with van der Waals surface area (Å²) in [6, 6.07) is 9.89. The van der Waals surface area contributed by atoms with Gasteiger partial charge in [-0.1, -0.05) is 6.07 Å². The second-order valence-corrected chi connectivity index (χ2v) is 5.97. The topological polar surface area (TPSA) is 53.5 Å². The molecule has 0 bridgehead atoms. The van der Waals surface area contributed by atoms with E-state index in [0.29, 0.717) is 11.8 Å². The minimum absolute atomic E-state index is 0.575. The highest BCUT2D eigenvalue weighted by Crippen LogP contribution is 2.41. The molecule has 0 N–H and O–H groups in total. The van der Waals surface area contributed by atoms with Crippen LogP contribution in [0.3, 0.4) is 0 Å². The van der Waals surface area contributed by atoms with Gasteiger partial charge < -0.3 is 14.2 Å². The summed E-state index contributed by atoms with van der Waals surface area (Å²) in [5.41, 5.74) is 6.15. The molecule has 0 spiro atoms. The molecule has 2 heterocycles. The van der Waals surface area contributed by atoms with Gasteiger partial charge in [0.2, 0.25) is 11.8 Å². The highest BCUT2D eigenvalue weighted by Gasteiger charge is 2.18. The molecule has 134 valence electrons. The number of methoxy groups -OCH3 is 3. The lowest BCUT2D eigenvalue weighted by Gasteiger charge is -2.17. The Bertz CT molecular complexity index is 939. The zero-order valence-electron chi connectivity index (χ0n) is 15.7. The van der Waals surface area contributed by atoms with Crippen molar-refractivity contribution in [1.29, 1.82) is 0 Å². The summed E-state index contributed by atoms with van der Waals surface area (Å²) in [7, 11) is 4.91. The first-order chi connectivity index (χ1) is 12.6. The molecule has 26 heavy (non-hydrogen) atoms. The predicted octanol–water partition coefficient (Wildman–Crippen LogP) is 4.45. The quantitative estimate of drug-likeness (QED) is 0.680. The number of hydrogen-bond acceptors (Lipinski definition) is 5. The van der Waals surface area contributed by atoms with Gasteiger partial charge in [0.05, 0.1) is 26.9 Å². The molecule has 3 rings (SSSR count). The largest absolute Gasteiger partial charge is 0.497 e. The van der Waals surface area contributed by atoms with E-state index in [1.165, 1.54) is 0 Å². The van der Waals surface area contributed by atoms with Crippen LogP contribution in [-0.2, 0) is 0 Å². The first kappa shape index (κ1) is 17.7. The van der Waals surface area contributed by atoms with Crippen LogP contribution in [0.1, 0.15) is 11.1 Å². The van der Waals surface area contributed by atoms with Gasteiger partial charge in [0.1, 0.15) is 5.75 Å². The Labute approximate surface area is 153 Å². The molecule has 5 nitrogen and oxygen atoms in total. The van der Waals surface area contributed by atoms with Gasteiger partial charge in [-0.25, -0.2) is 9.97 Å². The third-order valence-corrected chi connectivity index (χ3v) is 4.40. The monoisotopic (exact) mass is 350 g/mol. The van der Waals surface area contributed by atoms with E-state index >= 15 is 0 Å². The molecule has 0 radical (unpaired) electrons. The minimum Gasteiger partial charge on any atom is -0.497 e. The SMILES string of the molecule is COc1ccc(-c2c(-c3cnc(OC)cc3C)ccnc2OC)c(C)c1. The fourth-order valence-corrected chi connectivity index (χ4v) is 3.05. The van der Waals surface area contributed by atoms with Crippen molar-refractivity contribution in [3.8, 4) is 39.8 Å². The van der Waals surface area contributed by atoms with Gasteiger partial charge in [-0.15, -0.1) is 0 Å². The molecular formula is C21H22N2O3. The van der Waals surface area contributed by atoms with E-state index in [2.05, 4.69) is 9.97 Å². The standard InChI is InChI=1S/C21H22N2O3/c1-13-10-15(24-3)6-7-16(13)20-17(8-9-22-21(20)26-5)18-12-23-19(25-4)11-14(18)2/h6-12H,1-5H3. The van der Waals surface area contributed by atoms with Crippen molar-refractivity contribution in [3.63, 3.8) is 0 Å². The molecular weight excluding hydrogens is 328 g/mol. The maximum Gasteiger partial charge on any atom is 0.221 e. The van der Waals surface area contributed by atoms with Crippen LogP contribution in [0.5, 0.6) is 17.5 Å². The molecule has 0 saturated heterocycles. The first-order valence-corrected chi connectivity index (χ1v) is 8.28. The normalized spacial score (nSPS) is 10.5. The zero-order chi connectivity index (χ0) is 18.7. The number of hydrogen-bond donors (Lipinski definition) is 0. The summed E-state index contributed by atoms with van der Waals surface area (Å²) in [6.07, 6.45) is 3.57. The van der Waals surface area contributed by atoms with E-state index in [9.17, 15) is 0 Å².